The lowest BCUT2D eigenvalue weighted by atomic mass is 10.2. The molecule has 4 nitrogen and oxygen atoms in total. The van der Waals surface area contributed by atoms with Gasteiger partial charge in [0.1, 0.15) is 17.7 Å². The van der Waals surface area contributed by atoms with Gasteiger partial charge in [-0.1, -0.05) is 19.1 Å². The van der Waals surface area contributed by atoms with Gasteiger partial charge in [0.05, 0.1) is 6.61 Å². The van der Waals surface area contributed by atoms with Crippen molar-refractivity contribution in [2.24, 2.45) is 0 Å². The third-order valence-electron chi connectivity index (χ3n) is 3.16. The van der Waals surface area contributed by atoms with Crippen LogP contribution in [0.2, 0.25) is 0 Å². The summed E-state index contributed by atoms with van der Waals surface area (Å²) in [6, 6.07) is 7.92. The van der Waals surface area contributed by atoms with Crippen molar-refractivity contribution in [1.29, 1.82) is 0 Å². The number of ether oxygens (including phenoxy) is 1. The van der Waals surface area contributed by atoms with Crippen LogP contribution in [0.1, 0.15) is 37.3 Å². The van der Waals surface area contributed by atoms with Crippen LogP contribution in [-0.4, -0.2) is 21.3 Å². The minimum absolute atomic E-state index is 0.476. The second kappa shape index (κ2) is 7.10. The van der Waals surface area contributed by atoms with Gasteiger partial charge in [-0.2, -0.15) is 0 Å². The topological polar surface area (TPSA) is 47.3 Å². The first-order valence-corrected chi connectivity index (χ1v) is 7.09. The Morgan fingerprint density at radius 1 is 1.40 bits per heavy atom. The smallest absolute Gasteiger partial charge is 0.137 e. The van der Waals surface area contributed by atoms with E-state index in [1.807, 2.05) is 42.0 Å². The number of rotatable bonds is 7. The van der Waals surface area contributed by atoms with Crippen LogP contribution in [0.3, 0.4) is 0 Å². The molecule has 1 unspecified atom stereocenters. The van der Waals surface area contributed by atoms with Gasteiger partial charge in [-0.25, -0.2) is 4.98 Å². The SMILES string of the molecule is CCCn1ccnc1C(O)CCOc1cccc(C)c1. The fourth-order valence-corrected chi connectivity index (χ4v) is 2.17. The third kappa shape index (κ3) is 3.84. The van der Waals surface area contributed by atoms with E-state index in [1.54, 1.807) is 6.20 Å². The zero-order valence-electron chi connectivity index (χ0n) is 12.1. The minimum Gasteiger partial charge on any atom is -0.493 e. The number of aromatic nitrogens is 2. The monoisotopic (exact) mass is 274 g/mol. The highest BCUT2D eigenvalue weighted by Crippen LogP contribution is 2.17. The molecule has 1 aromatic heterocycles. The lowest BCUT2D eigenvalue weighted by Crippen LogP contribution is -2.11. The van der Waals surface area contributed by atoms with E-state index >= 15 is 0 Å². The quantitative estimate of drug-likeness (QED) is 0.844. The summed E-state index contributed by atoms with van der Waals surface area (Å²) in [5, 5.41) is 10.2. The lowest BCUT2D eigenvalue weighted by Gasteiger charge is -2.13. The summed E-state index contributed by atoms with van der Waals surface area (Å²) in [5.41, 5.74) is 1.17. The van der Waals surface area contributed by atoms with Crippen molar-refractivity contribution in [2.75, 3.05) is 6.61 Å². The van der Waals surface area contributed by atoms with Crippen molar-refractivity contribution in [3.05, 3.63) is 48.0 Å². The first kappa shape index (κ1) is 14.6. The fourth-order valence-electron chi connectivity index (χ4n) is 2.17. The van der Waals surface area contributed by atoms with E-state index in [0.717, 1.165) is 24.5 Å². The van der Waals surface area contributed by atoms with Gasteiger partial charge >= 0.3 is 0 Å². The van der Waals surface area contributed by atoms with Gasteiger partial charge in [-0.05, 0) is 31.0 Å². The molecule has 1 N–H and O–H groups in total. The van der Waals surface area contributed by atoms with Crippen molar-refractivity contribution in [3.63, 3.8) is 0 Å². The van der Waals surface area contributed by atoms with Crippen molar-refractivity contribution in [3.8, 4) is 5.75 Å². The Labute approximate surface area is 120 Å². The van der Waals surface area contributed by atoms with Crippen LogP contribution in [0.5, 0.6) is 5.75 Å². The molecule has 1 atom stereocenters. The Morgan fingerprint density at radius 3 is 3.00 bits per heavy atom. The molecule has 0 aliphatic heterocycles. The summed E-state index contributed by atoms with van der Waals surface area (Å²) >= 11 is 0. The molecule has 1 heterocycles. The molecule has 0 saturated carbocycles. The zero-order chi connectivity index (χ0) is 14.4. The summed E-state index contributed by atoms with van der Waals surface area (Å²) in [6.07, 6.45) is 4.62. The van der Waals surface area contributed by atoms with Gasteiger partial charge in [0, 0.05) is 25.4 Å². The largest absolute Gasteiger partial charge is 0.493 e. The molecule has 20 heavy (non-hydrogen) atoms. The zero-order valence-corrected chi connectivity index (χ0v) is 12.1. The minimum atomic E-state index is -0.582. The Hall–Kier alpha value is -1.81. The second-order valence-corrected chi connectivity index (χ2v) is 4.95. The number of hydrogen-bond donors (Lipinski definition) is 1. The maximum atomic E-state index is 10.2. The third-order valence-corrected chi connectivity index (χ3v) is 3.16. The normalized spacial score (nSPS) is 12.3. The number of aliphatic hydroxyl groups excluding tert-OH is 1. The van der Waals surface area contributed by atoms with E-state index in [-0.39, 0.29) is 0 Å². The van der Waals surface area contributed by atoms with E-state index in [9.17, 15) is 5.11 Å². The highest BCUT2D eigenvalue weighted by molar-refractivity contribution is 5.27. The highest BCUT2D eigenvalue weighted by atomic mass is 16.5. The van der Waals surface area contributed by atoms with Gasteiger partial charge in [-0.15, -0.1) is 0 Å². The van der Waals surface area contributed by atoms with E-state index < -0.39 is 6.10 Å². The first-order valence-electron chi connectivity index (χ1n) is 7.09. The van der Waals surface area contributed by atoms with Crippen molar-refractivity contribution in [2.45, 2.75) is 39.3 Å². The number of imidazole rings is 1. The average molecular weight is 274 g/mol. The van der Waals surface area contributed by atoms with Crippen molar-refractivity contribution < 1.29 is 9.84 Å². The predicted octanol–water partition coefficient (Wildman–Crippen LogP) is 3.10. The molecule has 4 heteroatoms. The molecule has 108 valence electrons. The number of aryl methyl sites for hydroxylation is 2. The van der Waals surface area contributed by atoms with Crippen LogP contribution in [-0.2, 0) is 6.54 Å². The summed E-state index contributed by atoms with van der Waals surface area (Å²) in [7, 11) is 0. The Balaban J connectivity index is 1.85. The summed E-state index contributed by atoms with van der Waals surface area (Å²) in [6.45, 7) is 5.50. The van der Waals surface area contributed by atoms with E-state index in [0.29, 0.717) is 13.0 Å². The fraction of sp³-hybridized carbons (Fsp3) is 0.438. The number of benzene rings is 1. The molecule has 0 spiro atoms. The summed E-state index contributed by atoms with van der Waals surface area (Å²) in [5.74, 6) is 1.56. The van der Waals surface area contributed by atoms with Crippen LogP contribution in [0.15, 0.2) is 36.7 Å². The van der Waals surface area contributed by atoms with Crippen LogP contribution in [0.25, 0.3) is 0 Å². The highest BCUT2D eigenvalue weighted by Gasteiger charge is 2.13. The maximum Gasteiger partial charge on any atom is 0.137 e. The molecule has 0 fully saturated rings. The molecule has 0 saturated heterocycles. The molecule has 0 aliphatic carbocycles. The van der Waals surface area contributed by atoms with Gasteiger partial charge in [0.25, 0.3) is 0 Å². The number of hydrogen-bond acceptors (Lipinski definition) is 3. The van der Waals surface area contributed by atoms with Gasteiger partial charge < -0.3 is 14.4 Å². The van der Waals surface area contributed by atoms with Crippen LogP contribution in [0, 0.1) is 6.92 Å². The van der Waals surface area contributed by atoms with Gasteiger partial charge in [0.15, 0.2) is 0 Å². The molecule has 0 radical (unpaired) electrons. The Morgan fingerprint density at radius 2 is 2.25 bits per heavy atom. The standard InChI is InChI=1S/C16H22N2O2/c1-3-9-18-10-8-17-16(18)15(19)7-11-20-14-6-4-5-13(2)12-14/h4-6,8,10,12,15,19H,3,7,9,11H2,1-2H3. The van der Waals surface area contributed by atoms with Gasteiger partial charge in [-0.3, -0.25) is 0 Å². The average Bonchev–Trinajstić information content (AvgIpc) is 2.87. The molecule has 0 bridgehead atoms. The molecule has 0 aliphatic rings. The second-order valence-electron chi connectivity index (χ2n) is 4.95. The molecule has 2 aromatic rings. The number of aliphatic hydroxyl groups is 1. The van der Waals surface area contributed by atoms with E-state index in [1.165, 1.54) is 5.56 Å². The molecular formula is C16H22N2O2. The van der Waals surface area contributed by atoms with Gasteiger partial charge in [0.2, 0.25) is 0 Å². The number of nitrogens with zero attached hydrogens (tertiary/aromatic N) is 2. The molecule has 0 amide bonds. The van der Waals surface area contributed by atoms with Crippen molar-refractivity contribution in [1.82, 2.24) is 9.55 Å². The Bertz CT molecular complexity index is 537. The molecule has 2 rings (SSSR count). The summed E-state index contributed by atoms with van der Waals surface area (Å²) < 4.78 is 7.66. The van der Waals surface area contributed by atoms with E-state index in [2.05, 4.69) is 11.9 Å². The Kier molecular flexibility index (Phi) is 5.18. The van der Waals surface area contributed by atoms with Crippen molar-refractivity contribution >= 4 is 0 Å². The summed E-state index contributed by atoms with van der Waals surface area (Å²) in [4.78, 5) is 4.23. The van der Waals surface area contributed by atoms with Crippen LogP contribution in [0.4, 0.5) is 0 Å². The maximum absolute atomic E-state index is 10.2. The first-order chi connectivity index (χ1) is 9.70. The van der Waals surface area contributed by atoms with Crippen LogP contribution < -0.4 is 4.74 Å². The predicted molar refractivity (Wildman–Crippen MR) is 78.8 cm³/mol. The van der Waals surface area contributed by atoms with E-state index in [4.69, 9.17) is 4.74 Å². The molecular weight excluding hydrogens is 252 g/mol. The van der Waals surface area contributed by atoms with Crippen LogP contribution >= 0.6 is 0 Å². The molecule has 1 aromatic carbocycles. The lowest BCUT2D eigenvalue weighted by molar-refractivity contribution is 0.129.